The average Bonchev–Trinajstić information content (AvgIpc) is 2.33. The van der Waals surface area contributed by atoms with Crippen LogP contribution in [0.15, 0.2) is 18.6 Å². The van der Waals surface area contributed by atoms with Crippen LogP contribution in [0.1, 0.15) is 18.5 Å². The van der Waals surface area contributed by atoms with Crippen LogP contribution in [-0.4, -0.2) is 52.3 Å². The quantitative estimate of drug-likeness (QED) is 0.751. The van der Waals surface area contributed by atoms with Gasteiger partial charge in [0.25, 0.3) is 0 Å². The van der Waals surface area contributed by atoms with E-state index >= 15 is 0 Å². The maximum Gasteiger partial charge on any atom is 0.111 e. The molecule has 2 fully saturated rings. The van der Waals surface area contributed by atoms with E-state index in [0.29, 0.717) is 31.7 Å². The van der Waals surface area contributed by atoms with E-state index in [-0.39, 0.29) is 12.1 Å². The number of likely N-dealkylation sites (N-methyl/N-ethyl adjacent to an activating group) is 1. The first-order chi connectivity index (χ1) is 8.19. The van der Waals surface area contributed by atoms with Gasteiger partial charge in [-0.3, -0.25) is 14.9 Å². The summed E-state index contributed by atoms with van der Waals surface area (Å²) in [6, 6.07) is 0.545. The van der Waals surface area contributed by atoms with Gasteiger partial charge in [-0.25, -0.2) is 0 Å². The first kappa shape index (κ1) is 11.1. The minimum Gasteiger partial charge on any atom is -0.383 e. The van der Waals surface area contributed by atoms with Gasteiger partial charge < -0.3 is 9.84 Å². The number of aromatic nitrogens is 2. The summed E-state index contributed by atoms with van der Waals surface area (Å²) in [6.07, 6.45) is 6.27. The first-order valence-electron chi connectivity index (χ1n) is 5.97. The van der Waals surface area contributed by atoms with Gasteiger partial charge in [0, 0.05) is 24.5 Å². The maximum absolute atomic E-state index is 10.8. The molecule has 1 N–H and O–H groups in total. The summed E-state index contributed by atoms with van der Waals surface area (Å²) in [7, 11) is 2.11. The number of piperidine rings is 1. The van der Waals surface area contributed by atoms with E-state index in [0.717, 1.165) is 0 Å². The van der Waals surface area contributed by atoms with Gasteiger partial charge in [-0.1, -0.05) is 0 Å². The van der Waals surface area contributed by atoms with Crippen molar-refractivity contribution in [2.75, 3.05) is 20.3 Å². The Balaban J connectivity index is 1.90. The predicted molar refractivity (Wildman–Crippen MR) is 61.3 cm³/mol. The Morgan fingerprint density at radius 2 is 2.06 bits per heavy atom. The van der Waals surface area contributed by atoms with Gasteiger partial charge in [-0.05, 0) is 19.9 Å². The van der Waals surface area contributed by atoms with E-state index in [1.807, 2.05) is 0 Å². The molecule has 2 aliphatic rings. The molecule has 0 amide bonds. The molecular weight excluding hydrogens is 218 g/mol. The summed E-state index contributed by atoms with van der Waals surface area (Å²) >= 11 is 0. The van der Waals surface area contributed by atoms with Crippen molar-refractivity contribution >= 4 is 0 Å². The van der Waals surface area contributed by atoms with Crippen LogP contribution in [0.25, 0.3) is 0 Å². The van der Waals surface area contributed by atoms with Gasteiger partial charge in [-0.2, -0.15) is 0 Å². The average molecular weight is 235 g/mol. The molecule has 17 heavy (non-hydrogen) atoms. The van der Waals surface area contributed by atoms with Gasteiger partial charge >= 0.3 is 0 Å². The fourth-order valence-corrected chi connectivity index (χ4v) is 2.89. The fraction of sp³-hybridized carbons (Fsp3) is 0.667. The van der Waals surface area contributed by atoms with E-state index in [1.165, 1.54) is 0 Å². The smallest absolute Gasteiger partial charge is 0.111 e. The lowest BCUT2D eigenvalue weighted by Crippen LogP contribution is -2.59. The Morgan fingerprint density at radius 3 is 2.65 bits per heavy atom. The first-order valence-corrected chi connectivity index (χ1v) is 5.97. The molecule has 5 nitrogen and oxygen atoms in total. The SMILES string of the molecule is CN1C2COCC1CC(O)(c1cnccn1)C2. The lowest BCUT2D eigenvalue weighted by molar-refractivity contribution is -0.139. The van der Waals surface area contributed by atoms with Gasteiger partial charge in [-0.15, -0.1) is 0 Å². The van der Waals surface area contributed by atoms with Crippen LogP contribution in [0.2, 0.25) is 0 Å². The van der Waals surface area contributed by atoms with E-state index < -0.39 is 5.60 Å². The zero-order chi connectivity index (χ0) is 11.9. The highest BCUT2D eigenvalue weighted by atomic mass is 16.5. The lowest BCUT2D eigenvalue weighted by Gasteiger charge is -2.49. The van der Waals surface area contributed by atoms with Crippen LogP contribution in [0.5, 0.6) is 0 Å². The molecule has 0 saturated carbocycles. The molecule has 2 saturated heterocycles. The second-order valence-electron chi connectivity index (χ2n) is 5.04. The second-order valence-corrected chi connectivity index (χ2v) is 5.04. The molecular formula is C12H17N3O2. The molecule has 92 valence electrons. The predicted octanol–water partition coefficient (Wildman–Crippen LogP) is 0.157. The Morgan fingerprint density at radius 1 is 1.35 bits per heavy atom. The highest BCUT2D eigenvalue weighted by Gasteiger charge is 2.46. The largest absolute Gasteiger partial charge is 0.383 e. The Bertz CT molecular complexity index is 384. The highest BCUT2D eigenvalue weighted by Crippen LogP contribution is 2.38. The van der Waals surface area contributed by atoms with Crippen LogP contribution in [0.3, 0.4) is 0 Å². The van der Waals surface area contributed by atoms with Crippen LogP contribution in [-0.2, 0) is 10.3 Å². The van der Waals surface area contributed by atoms with Crippen molar-refractivity contribution in [1.82, 2.24) is 14.9 Å². The Labute approximate surface area is 100 Å². The molecule has 0 spiro atoms. The van der Waals surface area contributed by atoms with Crippen molar-refractivity contribution in [2.24, 2.45) is 0 Å². The van der Waals surface area contributed by atoms with E-state index in [9.17, 15) is 5.11 Å². The van der Waals surface area contributed by atoms with Crippen LogP contribution < -0.4 is 0 Å². The summed E-state index contributed by atoms with van der Waals surface area (Å²) in [6.45, 7) is 1.38. The molecule has 0 aromatic carbocycles. The van der Waals surface area contributed by atoms with Gasteiger partial charge in [0.15, 0.2) is 0 Å². The van der Waals surface area contributed by atoms with Crippen molar-refractivity contribution < 1.29 is 9.84 Å². The molecule has 1 aromatic heterocycles. The zero-order valence-electron chi connectivity index (χ0n) is 9.91. The third-order valence-electron chi connectivity index (χ3n) is 3.96. The van der Waals surface area contributed by atoms with E-state index in [2.05, 4.69) is 21.9 Å². The molecule has 3 heterocycles. The number of rotatable bonds is 1. The molecule has 2 bridgehead atoms. The number of hydrogen-bond donors (Lipinski definition) is 1. The number of aliphatic hydroxyl groups is 1. The number of fused-ring (bicyclic) bond motifs is 2. The topological polar surface area (TPSA) is 58.5 Å². The Hall–Kier alpha value is -1.04. The zero-order valence-corrected chi connectivity index (χ0v) is 9.91. The molecule has 3 rings (SSSR count). The highest BCUT2D eigenvalue weighted by molar-refractivity contribution is 5.13. The van der Waals surface area contributed by atoms with E-state index in [1.54, 1.807) is 18.6 Å². The van der Waals surface area contributed by atoms with Crippen LogP contribution in [0.4, 0.5) is 0 Å². The van der Waals surface area contributed by atoms with E-state index in [4.69, 9.17) is 4.74 Å². The number of ether oxygens (including phenoxy) is 1. The normalized spacial score (nSPS) is 38.0. The molecule has 1 aromatic rings. The second kappa shape index (κ2) is 4.01. The summed E-state index contributed by atoms with van der Waals surface area (Å²) in [5.41, 5.74) is -0.162. The third-order valence-corrected chi connectivity index (χ3v) is 3.96. The molecule has 2 atom stereocenters. The minimum atomic E-state index is -0.847. The maximum atomic E-state index is 10.8. The summed E-state index contributed by atoms with van der Waals surface area (Å²) in [5.74, 6) is 0. The molecule has 0 radical (unpaired) electrons. The van der Waals surface area contributed by atoms with Crippen LogP contribution >= 0.6 is 0 Å². The minimum absolute atomic E-state index is 0.273. The fourth-order valence-electron chi connectivity index (χ4n) is 2.89. The number of nitrogens with zero attached hydrogens (tertiary/aromatic N) is 3. The molecule has 2 aliphatic heterocycles. The summed E-state index contributed by atoms with van der Waals surface area (Å²) < 4.78 is 5.55. The van der Waals surface area contributed by atoms with Crippen molar-refractivity contribution in [3.05, 3.63) is 24.3 Å². The monoisotopic (exact) mass is 235 g/mol. The lowest BCUT2D eigenvalue weighted by atomic mass is 9.79. The third kappa shape index (κ3) is 1.84. The summed E-state index contributed by atoms with van der Waals surface area (Å²) in [5, 5.41) is 10.8. The van der Waals surface area contributed by atoms with Gasteiger partial charge in [0.05, 0.1) is 25.1 Å². The van der Waals surface area contributed by atoms with Crippen molar-refractivity contribution in [3.8, 4) is 0 Å². The molecule has 5 heteroatoms. The number of morpholine rings is 1. The Kier molecular flexibility index (Phi) is 2.61. The van der Waals surface area contributed by atoms with Gasteiger partial charge in [0.1, 0.15) is 5.60 Å². The standard InChI is InChI=1S/C12H17N3O2/c1-15-9-4-12(16,5-10(15)8-17-7-9)11-6-13-2-3-14-11/h2-3,6,9-10,16H,4-5,7-8H2,1H3. The molecule has 2 unspecified atom stereocenters. The van der Waals surface area contributed by atoms with Crippen molar-refractivity contribution in [1.29, 1.82) is 0 Å². The van der Waals surface area contributed by atoms with Crippen molar-refractivity contribution in [3.63, 3.8) is 0 Å². The number of hydrogen-bond acceptors (Lipinski definition) is 5. The summed E-state index contributed by atoms with van der Waals surface area (Å²) in [4.78, 5) is 10.6. The van der Waals surface area contributed by atoms with Crippen LogP contribution in [0, 0.1) is 0 Å². The van der Waals surface area contributed by atoms with Crippen molar-refractivity contribution in [2.45, 2.75) is 30.5 Å². The van der Waals surface area contributed by atoms with Gasteiger partial charge in [0.2, 0.25) is 0 Å². The molecule has 0 aliphatic carbocycles.